The number of hydrogen-bond acceptors (Lipinski definition) is 10. The van der Waals surface area contributed by atoms with Gasteiger partial charge >= 0.3 is 11.9 Å². The van der Waals surface area contributed by atoms with Gasteiger partial charge in [0.15, 0.2) is 18.1 Å². The maximum Gasteiger partial charge on any atom is 0.344 e. The summed E-state index contributed by atoms with van der Waals surface area (Å²) in [7, 11) is 4.31. The Morgan fingerprint density at radius 3 is 2.40 bits per heavy atom. The van der Waals surface area contributed by atoms with Gasteiger partial charge in [-0.05, 0) is 55.0 Å². The molecular formula is C25H25NO8S. The third-order valence-corrected chi connectivity index (χ3v) is 5.75. The van der Waals surface area contributed by atoms with Gasteiger partial charge in [0.1, 0.15) is 22.1 Å². The molecule has 2 aromatic carbocycles. The lowest BCUT2D eigenvalue weighted by molar-refractivity contribution is -0.143. The minimum Gasteiger partial charge on any atom is -0.506 e. The number of thioether (sulfide) groups is 1. The van der Waals surface area contributed by atoms with Crippen molar-refractivity contribution in [1.82, 2.24) is 0 Å². The molecule has 0 atom stereocenters. The smallest absolute Gasteiger partial charge is 0.344 e. The van der Waals surface area contributed by atoms with E-state index in [2.05, 4.69) is 9.73 Å². The summed E-state index contributed by atoms with van der Waals surface area (Å²) in [6, 6.07) is 12.0. The van der Waals surface area contributed by atoms with Crippen molar-refractivity contribution >= 4 is 40.5 Å². The van der Waals surface area contributed by atoms with Gasteiger partial charge in [-0.3, -0.25) is 0 Å². The highest BCUT2D eigenvalue weighted by molar-refractivity contribution is 8.18. The first-order valence-corrected chi connectivity index (χ1v) is 11.3. The highest BCUT2D eigenvalue weighted by Gasteiger charge is 2.33. The number of benzene rings is 2. The molecule has 1 aliphatic rings. The van der Waals surface area contributed by atoms with Crippen LogP contribution in [0.1, 0.15) is 12.5 Å². The lowest BCUT2D eigenvalue weighted by atomic mass is 10.1. The van der Waals surface area contributed by atoms with Crippen molar-refractivity contribution in [3.63, 3.8) is 0 Å². The van der Waals surface area contributed by atoms with Crippen molar-refractivity contribution in [2.75, 3.05) is 34.5 Å². The van der Waals surface area contributed by atoms with Crippen molar-refractivity contribution in [1.29, 1.82) is 0 Å². The van der Waals surface area contributed by atoms with Crippen LogP contribution in [0.15, 0.2) is 63.7 Å². The number of nitrogens with zero attached hydrogens (tertiary/aromatic N) is 1. The Morgan fingerprint density at radius 2 is 1.77 bits per heavy atom. The van der Waals surface area contributed by atoms with Gasteiger partial charge in [0.05, 0.1) is 38.5 Å². The van der Waals surface area contributed by atoms with E-state index >= 15 is 0 Å². The molecule has 10 heteroatoms. The molecule has 0 amide bonds. The van der Waals surface area contributed by atoms with E-state index in [-0.39, 0.29) is 24.5 Å². The minimum atomic E-state index is -0.669. The second kappa shape index (κ2) is 12.0. The molecule has 3 rings (SSSR count). The quantitative estimate of drug-likeness (QED) is 0.500. The average Bonchev–Trinajstić information content (AvgIpc) is 3.17. The van der Waals surface area contributed by atoms with Gasteiger partial charge < -0.3 is 28.8 Å². The van der Waals surface area contributed by atoms with Crippen molar-refractivity contribution < 1.29 is 38.4 Å². The minimum absolute atomic E-state index is 0.0103. The van der Waals surface area contributed by atoms with Crippen LogP contribution < -0.4 is 14.2 Å². The zero-order valence-electron chi connectivity index (χ0n) is 19.7. The van der Waals surface area contributed by atoms with Crippen LogP contribution in [0, 0.1) is 0 Å². The van der Waals surface area contributed by atoms with Crippen LogP contribution in [0.4, 0.5) is 5.69 Å². The molecule has 35 heavy (non-hydrogen) atoms. The first-order valence-electron chi connectivity index (χ1n) is 10.5. The summed E-state index contributed by atoms with van der Waals surface area (Å²) in [6.07, 6.45) is 1.68. The van der Waals surface area contributed by atoms with Gasteiger partial charge in [0.2, 0.25) is 0 Å². The predicted octanol–water partition coefficient (Wildman–Crippen LogP) is 4.45. The number of aliphatic hydroxyl groups excluding tert-OH is 1. The molecule has 0 unspecified atom stereocenters. The molecule has 0 fully saturated rings. The number of methoxy groups -OCH3 is 3. The number of rotatable bonds is 9. The zero-order chi connectivity index (χ0) is 25.4. The number of esters is 2. The summed E-state index contributed by atoms with van der Waals surface area (Å²) in [4.78, 5) is 28.9. The van der Waals surface area contributed by atoms with E-state index in [1.807, 2.05) is 0 Å². The highest BCUT2D eigenvalue weighted by Crippen LogP contribution is 2.41. The second-order valence-electron chi connectivity index (χ2n) is 6.94. The van der Waals surface area contributed by atoms with E-state index in [1.54, 1.807) is 62.6 Å². The number of aliphatic imine (C=N–C) groups is 1. The van der Waals surface area contributed by atoms with Crippen LogP contribution in [0.25, 0.3) is 6.08 Å². The molecular weight excluding hydrogens is 474 g/mol. The van der Waals surface area contributed by atoms with Crippen molar-refractivity contribution in [2.24, 2.45) is 4.99 Å². The fraction of sp³-hybridized carbons (Fsp3) is 0.240. The molecule has 1 heterocycles. The standard InChI is InChI=1S/C25H25NO8S/c1-5-33-25(29)22-23(28)20(35-24(22)26-16-7-9-17(30-2)10-8-16)13-15-6-11-18(19(12-15)31-3)34-14-21(27)32-4/h6-13,28H,5,14H2,1-4H3/b20-13+,26-24?. The van der Waals surface area contributed by atoms with Crippen LogP contribution in [0.5, 0.6) is 17.2 Å². The third kappa shape index (κ3) is 6.36. The van der Waals surface area contributed by atoms with Gasteiger partial charge in [-0.25, -0.2) is 14.6 Å². The molecule has 184 valence electrons. The molecule has 0 saturated heterocycles. The fourth-order valence-corrected chi connectivity index (χ4v) is 4.04. The molecule has 0 aromatic heterocycles. The summed E-state index contributed by atoms with van der Waals surface area (Å²) in [5, 5.41) is 11.2. The topological polar surface area (TPSA) is 113 Å². The van der Waals surface area contributed by atoms with E-state index < -0.39 is 11.9 Å². The first kappa shape index (κ1) is 25.7. The predicted molar refractivity (Wildman–Crippen MR) is 132 cm³/mol. The zero-order valence-corrected chi connectivity index (χ0v) is 20.5. The molecule has 1 N–H and O–H groups in total. The number of ether oxygens (including phenoxy) is 5. The normalized spacial score (nSPS) is 15.3. The molecule has 9 nitrogen and oxygen atoms in total. The summed E-state index contributed by atoms with van der Waals surface area (Å²) >= 11 is 1.14. The Bertz CT molecular complexity index is 1180. The Morgan fingerprint density at radius 1 is 1.03 bits per heavy atom. The van der Waals surface area contributed by atoms with Gasteiger partial charge in [-0.15, -0.1) is 0 Å². The molecule has 0 saturated carbocycles. The number of aliphatic hydroxyl groups is 1. The van der Waals surface area contributed by atoms with Gasteiger partial charge in [-0.1, -0.05) is 17.8 Å². The number of carbonyl (C=O) groups is 2. The Labute approximate surface area is 207 Å². The average molecular weight is 500 g/mol. The van der Waals surface area contributed by atoms with Crippen molar-refractivity contribution in [3.05, 3.63) is 64.3 Å². The lowest BCUT2D eigenvalue weighted by Gasteiger charge is -2.10. The number of hydrogen-bond donors (Lipinski definition) is 1. The van der Waals surface area contributed by atoms with Crippen LogP contribution in [0.3, 0.4) is 0 Å². The molecule has 2 aromatic rings. The van der Waals surface area contributed by atoms with E-state index in [4.69, 9.17) is 18.9 Å². The van der Waals surface area contributed by atoms with Crippen LogP contribution in [0.2, 0.25) is 0 Å². The molecule has 0 radical (unpaired) electrons. The maximum atomic E-state index is 12.6. The SMILES string of the molecule is CCOC(=O)C1=C(O)/C(=C\c2ccc(OCC(=O)OC)c(OC)c2)SC1=Nc1ccc(OC)cc1. The monoisotopic (exact) mass is 499 g/mol. The maximum absolute atomic E-state index is 12.6. The molecule has 0 aliphatic carbocycles. The van der Waals surface area contributed by atoms with E-state index in [1.165, 1.54) is 14.2 Å². The largest absolute Gasteiger partial charge is 0.506 e. The summed E-state index contributed by atoms with van der Waals surface area (Å²) in [5.74, 6) is -0.0141. The Kier molecular flexibility index (Phi) is 8.80. The van der Waals surface area contributed by atoms with Crippen LogP contribution >= 0.6 is 11.8 Å². The van der Waals surface area contributed by atoms with Crippen LogP contribution in [-0.4, -0.2) is 56.6 Å². The fourth-order valence-electron chi connectivity index (χ4n) is 3.01. The summed E-state index contributed by atoms with van der Waals surface area (Å²) in [5.41, 5.74) is 1.23. The third-order valence-electron chi connectivity index (χ3n) is 4.73. The molecule has 1 aliphatic heterocycles. The van der Waals surface area contributed by atoms with E-state index in [9.17, 15) is 14.7 Å². The van der Waals surface area contributed by atoms with E-state index in [0.717, 1.165) is 11.8 Å². The Balaban J connectivity index is 1.94. The van der Waals surface area contributed by atoms with Gasteiger partial charge in [0, 0.05) is 0 Å². The Hall–Kier alpha value is -3.92. The molecule has 0 bridgehead atoms. The highest BCUT2D eigenvalue weighted by atomic mass is 32.2. The second-order valence-corrected chi connectivity index (χ2v) is 7.98. The molecule has 0 spiro atoms. The first-order chi connectivity index (χ1) is 16.9. The summed E-state index contributed by atoms with van der Waals surface area (Å²) < 4.78 is 25.7. The van der Waals surface area contributed by atoms with Crippen LogP contribution in [-0.2, 0) is 19.1 Å². The van der Waals surface area contributed by atoms with Gasteiger partial charge in [0.25, 0.3) is 0 Å². The number of carbonyl (C=O) groups excluding carboxylic acids is 2. The lowest BCUT2D eigenvalue weighted by Crippen LogP contribution is -2.13. The summed E-state index contributed by atoms with van der Waals surface area (Å²) in [6.45, 7) is 1.57. The van der Waals surface area contributed by atoms with Crippen molar-refractivity contribution in [2.45, 2.75) is 6.92 Å². The van der Waals surface area contributed by atoms with E-state index in [0.29, 0.717) is 38.4 Å². The van der Waals surface area contributed by atoms with Crippen molar-refractivity contribution in [3.8, 4) is 17.2 Å². The van der Waals surface area contributed by atoms with Gasteiger partial charge in [-0.2, -0.15) is 0 Å².